The van der Waals surface area contributed by atoms with Crippen molar-refractivity contribution in [1.82, 2.24) is 20.0 Å². The van der Waals surface area contributed by atoms with Gasteiger partial charge in [-0.25, -0.2) is 0 Å². The van der Waals surface area contributed by atoms with Gasteiger partial charge < -0.3 is 10.2 Å². The highest BCUT2D eigenvalue weighted by Crippen LogP contribution is 2.13. The lowest BCUT2D eigenvalue weighted by Gasteiger charge is -2.16. The van der Waals surface area contributed by atoms with Gasteiger partial charge in [-0.2, -0.15) is 5.10 Å². The van der Waals surface area contributed by atoms with Gasteiger partial charge in [-0.1, -0.05) is 0 Å². The van der Waals surface area contributed by atoms with Crippen molar-refractivity contribution in [1.29, 1.82) is 0 Å². The van der Waals surface area contributed by atoms with Crippen LogP contribution in [0.25, 0.3) is 0 Å². The van der Waals surface area contributed by atoms with E-state index in [1.165, 1.54) is 0 Å². The van der Waals surface area contributed by atoms with Crippen molar-refractivity contribution in [2.24, 2.45) is 7.05 Å². The zero-order valence-corrected chi connectivity index (χ0v) is 10.0. The summed E-state index contributed by atoms with van der Waals surface area (Å²) >= 11 is 0. The molecule has 1 fully saturated rings. The molecule has 1 unspecified atom stereocenters. The van der Waals surface area contributed by atoms with Crippen LogP contribution in [0, 0.1) is 6.92 Å². The summed E-state index contributed by atoms with van der Waals surface area (Å²) in [5.74, 6) is 0.0841. The van der Waals surface area contributed by atoms with E-state index in [1.807, 2.05) is 32.0 Å². The first kappa shape index (κ1) is 11.1. The van der Waals surface area contributed by atoms with Crippen LogP contribution in [0.15, 0.2) is 6.07 Å². The van der Waals surface area contributed by atoms with Gasteiger partial charge in [0.05, 0.1) is 5.69 Å². The molecule has 5 heteroatoms. The molecule has 16 heavy (non-hydrogen) atoms. The third kappa shape index (κ3) is 1.95. The zero-order valence-electron chi connectivity index (χ0n) is 10.0. The molecule has 1 atom stereocenters. The number of aromatic nitrogens is 2. The summed E-state index contributed by atoms with van der Waals surface area (Å²) in [4.78, 5) is 14.1. The molecule has 0 bridgehead atoms. The maximum atomic E-state index is 12.2. The predicted molar refractivity (Wildman–Crippen MR) is 61.3 cm³/mol. The Morgan fingerprint density at radius 2 is 2.38 bits per heavy atom. The average molecular weight is 222 g/mol. The Bertz CT molecular complexity index is 399. The highest BCUT2D eigenvalue weighted by atomic mass is 16.2. The van der Waals surface area contributed by atoms with E-state index < -0.39 is 0 Å². The van der Waals surface area contributed by atoms with E-state index in [0.717, 1.165) is 25.2 Å². The van der Waals surface area contributed by atoms with Gasteiger partial charge >= 0.3 is 0 Å². The van der Waals surface area contributed by atoms with Crippen molar-refractivity contribution >= 4 is 5.91 Å². The van der Waals surface area contributed by atoms with Crippen LogP contribution in [0.3, 0.4) is 0 Å². The number of hydrogen-bond acceptors (Lipinski definition) is 3. The fourth-order valence-electron chi connectivity index (χ4n) is 2.15. The normalized spacial score (nSPS) is 20.4. The summed E-state index contributed by atoms with van der Waals surface area (Å²) in [7, 11) is 3.75. The van der Waals surface area contributed by atoms with Gasteiger partial charge in [-0.3, -0.25) is 9.48 Å². The molecule has 5 nitrogen and oxygen atoms in total. The number of likely N-dealkylation sites (N-methyl/N-ethyl adjacent to an activating group) is 1. The quantitative estimate of drug-likeness (QED) is 0.775. The summed E-state index contributed by atoms with van der Waals surface area (Å²) in [6.45, 7) is 3.52. The summed E-state index contributed by atoms with van der Waals surface area (Å²) in [6.07, 6.45) is 1.03. The van der Waals surface area contributed by atoms with Crippen LogP contribution in [0.5, 0.6) is 0 Å². The van der Waals surface area contributed by atoms with Crippen LogP contribution in [0.1, 0.15) is 22.6 Å². The van der Waals surface area contributed by atoms with E-state index in [-0.39, 0.29) is 5.91 Å². The average Bonchev–Trinajstić information content (AvgIpc) is 2.84. The van der Waals surface area contributed by atoms with Gasteiger partial charge in [-0.05, 0) is 26.5 Å². The number of carbonyl (C=O) groups excluding carboxylic acids is 1. The molecule has 0 radical (unpaired) electrons. The van der Waals surface area contributed by atoms with Crippen molar-refractivity contribution in [2.75, 3.05) is 20.1 Å². The molecule has 1 aliphatic rings. The van der Waals surface area contributed by atoms with Gasteiger partial charge in [0.2, 0.25) is 0 Å². The van der Waals surface area contributed by atoms with E-state index in [1.54, 1.807) is 4.68 Å². The first-order chi connectivity index (χ1) is 7.61. The van der Waals surface area contributed by atoms with Crippen molar-refractivity contribution in [3.63, 3.8) is 0 Å². The number of rotatable bonds is 2. The standard InChI is InChI=1S/C11H18N4O/c1-8-6-10(14(3)13-8)11(16)15-5-4-9(7-15)12-2/h6,9,12H,4-5,7H2,1-3H3. The third-order valence-corrected chi connectivity index (χ3v) is 3.10. The molecule has 1 saturated heterocycles. The highest BCUT2D eigenvalue weighted by Gasteiger charge is 2.27. The number of carbonyl (C=O) groups is 1. The Hall–Kier alpha value is -1.36. The lowest BCUT2D eigenvalue weighted by molar-refractivity contribution is 0.0779. The molecule has 2 heterocycles. The van der Waals surface area contributed by atoms with E-state index in [2.05, 4.69) is 10.4 Å². The van der Waals surface area contributed by atoms with Crippen LogP contribution >= 0.6 is 0 Å². The molecular formula is C11H18N4O. The van der Waals surface area contributed by atoms with E-state index >= 15 is 0 Å². The van der Waals surface area contributed by atoms with Crippen molar-refractivity contribution < 1.29 is 4.79 Å². The Morgan fingerprint density at radius 3 is 2.88 bits per heavy atom. The third-order valence-electron chi connectivity index (χ3n) is 3.10. The molecule has 1 aromatic rings. The topological polar surface area (TPSA) is 50.2 Å². The molecule has 1 aliphatic heterocycles. The fourth-order valence-corrected chi connectivity index (χ4v) is 2.15. The minimum atomic E-state index is 0.0841. The molecule has 0 spiro atoms. The summed E-state index contributed by atoms with van der Waals surface area (Å²) in [5, 5.41) is 7.40. The molecular weight excluding hydrogens is 204 g/mol. The summed E-state index contributed by atoms with van der Waals surface area (Å²) < 4.78 is 1.66. The van der Waals surface area contributed by atoms with Crippen LogP contribution in [0.2, 0.25) is 0 Å². The molecule has 0 aromatic carbocycles. The van der Waals surface area contributed by atoms with Gasteiger partial charge in [0, 0.05) is 26.2 Å². The molecule has 88 valence electrons. The second-order valence-electron chi connectivity index (χ2n) is 4.32. The lowest BCUT2D eigenvalue weighted by Crippen LogP contribution is -2.34. The fraction of sp³-hybridized carbons (Fsp3) is 0.636. The Labute approximate surface area is 95.4 Å². The number of nitrogens with zero attached hydrogens (tertiary/aromatic N) is 3. The maximum Gasteiger partial charge on any atom is 0.272 e. The molecule has 0 aliphatic carbocycles. The molecule has 1 aromatic heterocycles. The summed E-state index contributed by atoms with van der Waals surface area (Å²) in [6, 6.07) is 2.27. The number of nitrogens with one attached hydrogen (secondary N) is 1. The van der Waals surface area contributed by atoms with Crippen molar-refractivity contribution in [3.05, 3.63) is 17.5 Å². The first-order valence-electron chi connectivity index (χ1n) is 5.59. The molecule has 2 rings (SSSR count). The largest absolute Gasteiger partial charge is 0.336 e. The Balaban J connectivity index is 2.11. The van der Waals surface area contributed by atoms with E-state index in [0.29, 0.717) is 11.7 Å². The Kier molecular flexibility index (Phi) is 2.96. The SMILES string of the molecule is CNC1CCN(C(=O)c2cc(C)nn2C)C1. The predicted octanol–water partition coefficient (Wildman–Crippen LogP) is 0.162. The highest BCUT2D eigenvalue weighted by molar-refractivity contribution is 5.92. The van der Waals surface area contributed by atoms with E-state index in [4.69, 9.17) is 0 Å². The lowest BCUT2D eigenvalue weighted by atomic mass is 10.3. The van der Waals surface area contributed by atoms with Gasteiger partial charge in [0.25, 0.3) is 5.91 Å². The van der Waals surface area contributed by atoms with Crippen LogP contribution < -0.4 is 5.32 Å². The van der Waals surface area contributed by atoms with Crippen LogP contribution in [-0.4, -0.2) is 46.8 Å². The number of aryl methyl sites for hydroxylation is 2. The number of amides is 1. The van der Waals surface area contributed by atoms with Crippen molar-refractivity contribution in [3.8, 4) is 0 Å². The second kappa shape index (κ2) is 4.25. The molecule has 1 N–H and O–H groups in total. The van der Waals surface area contributed by atoms with Gasteiger partial charge in [-0.15, -0.1) is 0 Å². The van der Waals surface area contributed by atoms with Gasteiger partial charge in [0.1, 0.15) is 5.69 Å². The number of likely N-dealkylation sites (tertiary alicyclic amines) is 1. The zero-order chi connectivity index (χ0) is 11.7. The smallest absolute Gasteiger partial charge is 0.272 e. The first-order valence-corrected chi connectivity index (χ1v) is 5.59. The van der Waals surface area contributed by atoms with Crippen molar-refractivity contribution in [2.45, 2.75) is 19.4 Å². The van der Waals surface area contributed by atoms with Crippen LogP contribution in [0.4, 0.5) is 0 Å². The maximum absolute atomic E-state index is 12.2. The molecule has 0 saturated carbocycles. The van der Waals surface area contributed by atoms with Gasteiger partial charge in [0.15, 0.2) is 0 Å². The summed E-state index contributed by atoms with van der Waals surface area (Å²) in [5.41, 5.74) is 1.56. The monoisotopic (exact) mass is 222 g/mol. The molecule has 1 amide bonds. The van der Waals surface area contributed by atoms with Crippen LogP contribution in [-0.2, 0) is 7.05 Å². The second-order valence-corrected chi connectivity index (χ2v) is 4.32. The number of hydrogen-bond donors (Lipinski definition) is 1. The Morgan fingerprint density at radius 1 is 1.62 bits per heavy atom. The van der Waals surface area contributed by atoms with E-state index in [9.17, 15) is 4.79 Å². The minimum Gasteiger partial charge on any atom is -0.336 e. The minimum absolute atomic E-state index is 0.0841.